The highest BCUT2D eigenvalue weighted by molar-refractivity contribution is 6.30. The number of halogens is 2. The number of carbonyl (C=O) groups excluding carboxylic acids is 1. The Kier molecular flexibility index (Phi) is 5.56. The van der Waals surface area contributed by atoms with E-state index in [2.05, 4.69) is 4.98 Å². The number of pyridine rings is 1. The van der Waals surface area contributed by atoms with E-state index >= 15 is 0 Å². The molecule has 0 unspecified atom stereocenters. The third-order valence-corrected chi connectivity index (χ3v) is 5.39. The van der Waals surface area contributed by atoms with Crippen molar-refractivity contribution in [2.75, 3.05) is 7.05 Å². The number of morpholine rings is 1. The van der Waals surface area contributed by atoms with Crippen LogP contribution in [0.2, 0.25) is 10.0 Å². The van der Waals surface area contributed by atoms with E-state index < -0.39 is 6.10 Å². The van der Waals surface area contributed by atoms with E-state index in [9.17, 15) is 4.79 Å². The summed E-state index contributed by atoms with van der Waals surface area (Å²) in [7, 11) is 1.78. The topological polar surface area (TPSA) is 42.4 Å². The van der Waals surface area contributed by atoms with Gasteiger partial charge in [0.05, 0.1) is 6.04 Å². The van der Waals surface area contributed by atoms with Gasteiger partial charge in [-0.1, -0.05) is 53.5 Å². The summed E-state index contributed by atoms with van der Waals surface area (Å²) in [6.45, 7) is 0. The first-order valence-corrected chi connectivity index (χ1v) is 9.85. The minimum absolute atomic E-state index is 0.195. The van der Waals surface area contributed by atoms with Gasteiger partial charge in [0.2, 0.25) is 0 Å². The molecule has 0 aliphatic carbocycles. The van der Waals surface area contributed by atoms with Crippen molar-refractivity contribution in [3.63, 3.8) is 0 Å². The van der Waals surface area contributed by atoms with Crippen molar-refractivity contribution in [2.24, 2.45) is 0 Å². The maximum atomic E-state index is 13.1. The Morgan fingerprint density at radius 1 is 0.966 bits per heavy atom. The molecule has 146 valence electrons. The molecule has 4 rings (SSSR count). The molecular weight excluding hydrogens is 407 g/mol. The summed E-state index contributed by atoms with van der Waals surface area (Å²) in [6.07, 6.45) is 4.68. The summed E-state index contributed by atoms with van der Waals surface area (Å²) in [4.78, 5) is 18.9. The minimum Gasteiger partial charge on any atom is -0.477 e. The van der Waals surface area contributed by atoms with E-state index in [1.807, 2.05) is 60.7 Å². The second-order valence-electron chi connectivity index (χ2n) is 6.80. The Morgan fingerprint density at radius 2 is 1.59 bits per heavy atom. The largest absolute Gasteiger partial charge is 0.477 e. The van der Waals surface area contributed by atoms with Crippen molar-refractivity contribution in [3.8, 4) is 0 Å². The predicted octanol–water partition coefficient (Wildman–Crippen LogP) is 5.70. The average Bonchev–Trinajstić information content (AvgIpc) is 2.74. The Morgan fingerprint density at radius 3 is 2.17 bits per heavy atom. The zero-order valence-electron chi connectivity index (χ0n) is 15.6. The van der Waals surface area contributed by atoms with Crippen molar-refractivity contribution in [2.45, 2.75) is 12.1 Å². The fraction of sp³-hybridized carbons (Fsp3) is 0.130. The zero-order valence-corrected chi connectivity index (χ0v) is 17.1. The van der Waals surface area contributed by atoms with Crippen LogP contribution in [0, 0.1) is 0 Å². The Hall–Kier alpha value is -2.82. The fourth-order valence-electron chi connectivity index (χ4n) is 3.42. The molecule has 0 radical (unpaired) electrons. The number of likely N-dealkylation sites (N-methyl/N-ethyl adjacent to an activating group) is 1. The van der Waals surface area contributed by atoms with Crippen LogP contribution in [0.4, 0.5) is 0 Å². The molecule has 1 aliphatic heterocycles. The maximum Gasteiger partial charge on any atom is 0.289 e. The van der Waals surface area contributed by atoms with Crippen LogP contribution in [0.25, 0.3) is 6.08 Å². The number of benzene rings is 2. The quantitative estimate of drug-likeness (QED) is 0.506. The van der Waals surface area contributed by atoms with Crippen LogP contribution in [0.1, 0.15) is 28.8 Å². The SMILES string of the molecule is CN1C(=O)C(=Cc2cccnc2)O[C@@H](c2ccc(Cl)cc2)[C@H]1c1ccc(Cl)cc1. The number of rotatable bonds is 3. The summed E-state index contributed by atoms with van der Waals surface area (Å²) in [6, 6.07) is 18.3. The molecular formula is C23H18Cl2N2O2. The molecule has 1 aromatic heterocycles. The minimum atomic E-state index is -0.404. The van der Waals surface area contributed by atoms with E-state index in [0.717, 1.165) is 16.7 Å². The van der Waals surface area contributed by atoms with Crippen LogP contribution in [0.5, 0.6) is 0 Å². The first-order valence-electron chi connectivity index (χ1n) is 9.09. The average molecular weight is 425 g/mol. The van der Waals surface area contributed by atoms with Gasteiger partial charge in [-0.2, -0.15) is 0 Å². The van der Waals surface area contributed by atoms with Crippen LogP contribution in [0.15, 0.2) is 78.8 Å². The number of ether oxygens (including phenoxy) is 1. The standard InChI is InChI=1S/C23H18Cl2N2O2/c1-27-21(16-4-8-18(24)9-5-16)22(17-6-10-19(25)11-7-17)29-20(23(27)28)13-15-3-2-12-26-14-15/h2-14,21-22H,1H3/t21-,22+/m1/s1. The van der Waals surface area contributed by atoms with Gasteiger partial charge in [-0.15, -0.1) is 0 Å². The molecule has 1 fully saturated rings. The van der Waals surface area contributed by atoms with Gasteiger partial charge in [-0.3, -0.25) is 9.78 Å². The molecule has 0 spiro atoms. The summed E-state index contributed by atoms with van der Waals surface area (Å²) in [5.74, 6) is 0.0738. The number of hydrogen-bond donors (Lipinski definition) is 0. The molecule has 4 nitrogen and oxygen atoms in total. The summed E-state index contributed by atoms with van der Waals surface area (Å²) >= 11 is 12.1. The molecule has 2 heterocycles. The van der Waals surface area contributed by atoms with E-state index in [1.54, 1.807) is 30.4 Å². The van der Waals surface area contributed by atoms with Crippen LogP contribution >= 0.6 is 23.2 Å². The van der Waals surface area contributed by atoms with Crippen LogP contribution in [-0.4, -0.2) is 22.8 Å². The molecule has 0 saturated carbocycles. The number of aromatic nitrogens is 1. The maximum absolute atomic E-state index is 13.1. The smallest absolute Gasteiger partial charge is 0.289 e. The Bertz CT molecular complexity index is 1030. The molecule has 6 heteroatoms. The summed E-state index contributed by atoms with van der Waals surface area (Å²) in [5, 5.41) is 1.28. The van der Waals surface area contributed by atoms with E-state index in [4.69, 9.17) is 27.9 Å². The lowest BCUT2D eigenvalue weighted by molar-refractivity contribution is -0.144. The molecule has 1 saturated heterocycles. The highest BCUT2D eigenvalue weighted by atomic mass is 35.5. The Balaban J connectivity index is 1.78. The summed E-state index contributed by atoms with van der Waals surface area (Å²) in [5.41, 5.74) is 2.65. The van der Waals surface area contributed by atoms with E-state index in [-0.39, 0.29) is 17.7 Å². The van der Waals surface area contributed by atoms with Gasteiger partial charge in [0.25, 0.3) is 5.91 Å². The predicted molar refractivity (Wildman–Crippen MR) is 114 cm³/mol. The van der Waals surface area contributed by atoms with Gasteiger partial charge in [0.1, 0.15) is 6.10 Å². The molecule has 29 heavy (non-hydrogen) atoms. The lowest BCUT2D eigenvalue weighted by Gasteiger charge is -2.40. The number of carbonyl (C=O) groups is 1. The van der Waals surface area contributed by atoms with Gasteiger partial charge < -0.3 is 9.64 Å². The lowest BCUT2D eigenvalue weighted by Crippen LogP contribution is -2.42. The van der Waals surface area contributed by atoms with Gasteiger partial charge in [0.15, 0.2) is 5.76 Å². The third kappa shape index (κ3) is 4.14. The monoisotopic (exact) mass is 424 g/mol. The second-order valence-corrected chi connectivity index (χ2v) is 7.67. The second kappa shape index (κ2) is 8.27. The van der Waals surface area contributed by atoms with Gasteiger partial charge in [-0.25, -0.2) is 0 Å². The van der Waals surface area contributed by atoms with E-state index in [0.29, 0.717) is 10.0 Å². The molecule has 2 aromatic carbocycles. The molecule has 1 amide bonds. The van der Waals surface area contributed by atoms with Crippen molar-refractivity contribution in [1.82, 2.24) is 9.88 Å². The highest BCUT2D eigenvalue weighted by Gasteiger charge is 2.40. The first kappa shape index (κ1) is 19.5. The normalized spacial score (nSPS) is 20.6. The number of amides is 1. The van der Waals surface area contributed by atoms with E-state index in [1.165, 1.54) is 0 Å². The van der Waals surface area contributed by atoms with Crippen molar-refractivity contribution in [1.29, 1.82) is 0 Å². The number of nitrogens with zero attached hydrogens (tertiary/aromatic N) is 2. The van der Waals surface area contributed by atoms with Gasteiger partial charge in [-0.05, 0) is 53.1 Å². The van der Waals surface area contributed by atoms with Crippen molar-refractivity contribution < 1.29 is 9.53 Å². The molecule has 0 bridgehead atoms. The Labute approximate surface area is 179 Å². The zero-order chi connectivity index (χ0) is 20.4. The van der Waals surface area contributed by atoms with Crippen LogP contribution < -0.4 is 0 Å². The van der Waals surface area contributed by atoms with Crippen molar-refractivity contribution in [3.05, 3.63) is 106 Å². The van der Waals surface area contributed by atoms with Gasteiger partial charge in [0, 0.05) is 29.5 Å². The third-order valence-electron chi connectivity index (χ3n) is 4.88. The first-order chi connectivity index (χ1) is 14.0. The van der Waals surface area contributed by atoms with Crippen LogP contribution in [-0.2, 0) is 9.53 Å². The lowest BCUT2D eigenvalue weighted by atomic mass is 9.92. The highest BCUT2D eigenvalue weighted by Crippen LogP contribution is 2.43. The molecule has 3 aromatic rings. The summed E-state index contributed by atoms with van der Waals surface area (Å²) < 4.78 is 6.26. The van der Waals surface area contributed by atoms with Gasteiger partial charge >= 0.3 is 0 Å². The number of hydrogen-bond acceptors (Lipinski definition) is 3. The molecule has 2 atom stereocenters. The molecule has 1 aliphatic rings. The van der Waals surface area contributed by atoms with Crippen LogP contribution in [0.3, 0.4) is 0 Å². The molecule has 0 N–H and O–H groups in total. The fourth-order valence-corrected chi connectivity index (χ4v) is 3.68. The van der Waals surface area contributed by atoms with Crippen molar-refractivity contribution >= 4 is 35.2 Å².